The first-order valence-electron chi connectivity index (χ1n) is 6.10. The fourth-order valence-corrected chi connectivity index (χ4v) is 1.31. The van der Waals surface area contributed by atoms with E-state index in [0.717, 1.165) is 0 Å². The molecule has 0 aliphatic rings. The van der Waals surface area contributed by atoms with E-state index >= 15 is 0 Å². The number of hydrogen-bond donors (Lipinski definition) is 3. The molecule has 7 heteroatoms. The number of imide groups is 1. The maximum absolute atomic E-state index is 11.5. The van der Waals surface area contributed by atoms with Gasteiger partial charge in [0.2, 0.25) is 11.8 Å². The monoisotopic (exact) mass is 258 g/mol. The maximum Gasteiger partial charge on any atom is 0.321 e. The first-order chi connectivity index (χ1) is 8.53. The summed E-state index contributed by atoms with van der Waals surface area (Å²) < 4.78 is 0. The molecule has 0 saturated carbocycles. The maximum atomic E-state index is 11.5. The van der Waals surface area contributed by atoms with Crippen LogP contribution in [0.1, 0.15) is 20.8 Å². The van der Waals surface area contributed by atoms with Crippen LogP contribution < -0.4 is 16.0 Å². The number of urea groups is 1. The van der Waals surface area contributed by atoms with Crippen LogP contribution in [-0.2, 0) is 9.59 Å². The number of rotatable bonds is 7. The van der Waals surface area contributed by atoms with Crippen LogP contribution in [0.15, 0.2) is 0 Å². The molecule has 0 radical (unpaired) electrons. The summed E-state index contributed by atoms with van der Waals surface area (Å²) in [5.74, 6) is -0.558. The minimum atomic E-state index is -0.517. The lowest BCUT2D eigenvalue weighted by Crippen LogP contribution is -2.46. The Bertz CT molecular complexity index is 294. The van der Waals surface area contributed by atoms with Gasteiger partial charge in [-0.2, -0.15) is 0 Å². The molecule has 4 amide bonds. The van der Waals surface area contributed by atoms with Crippen molar-refractivity contribution >= 4 is 17.8 Å². The van der Waals surface area contributed by atoms with E-state index in [0.29, 0.717) is 19.6 Å². The lowest BCUT2D eigenvalue weighted by atomic mass is 10.4. The van der Waals surface area contributed by atoms with Crippen molar-refractivity contribution in [2.45, 2.75) is 20.8 Å². The number of carbonyl (C=O) groups is 3. The second kappa shape index (κ2) is 9.41. The number of nitrogens with zero attached hydrogens (tertiary/aromatic N) is 1. The fraction of sp³-hybridized carbons (Fsp3) is 0.727. The molecule has 0 aromatic rings. The number of carbonyl (C=O) groups excluding carboxylic acids is 3. The summed E-state index contributed by atoms with van der Waals surface area (Å²) in [6.45, 7) is 7.17. The molecule has 0 unspecified atom stereocenters. The Balaban J connectivity index is 4.07. The summed E-state index contributed by atoms with van der Waals surface area (Å²) in [5.41, 5.74) is 0. The highest BCUT2D eigenvalue weighted by Gasteiger charge is 2.14. The smallest absolute Gasteiger partial charge is 0.321 e. The fourth-order valence-electron chi connectivity index (χ4n) is 1.31. The summed E-state index contributed by atoms with van der Waals surface area (Å²) in [6.07, 6.45) is 0. The van der Waals surface area contributed by atoms with Crippen LogP contribution in [-0.4, -0.2) is 55.5 Å². The van der Waals surface area contributed by atoms with Crippen molar-refractivity contribution in [3.63, 3.8) is 0 Å². The average Bonchev–Trinajstić information content (AvgIpc) is 2.28. The van der Waals surface area contributed by atoms with Crippen LogP contribution in [0.3, 0.4) is 0 Å². The van der Waals surface area contributed by atoms with Gasteiger partial charge in [-0.15, -0.1) is 0 Å². The molecule has 0 heterocycles. The van der Waals surface area contributed by atoms with Crippen molar-refractivity contribution in [1.82, 2.24) is 20.9 Å². The van der Waals surface area contributed by atoms with Gasteiger partial charge in [0, 0.05) is 13.1 Å². The van der Waals surface area contributed by atoms with E-state index in [4.69, 9.17) is 0 Å². The van der Waals surface area contributed by atoms with E-state index in [9.17, 15) is 14.4 Å². The van der Waals surface area contributed by atoms with E-state index in [1.807, 2.05) is 13.8 Å². The van der Waals surface area contributed by atoms with Gasteiger partial charge < -0.3 is 10.6 Å². The molecular formula is C11H22N4O3. The molecule has 3 N–H and O–H groups in total. The van der Waals surface area contributed by atoms with E-state index in [1.165, 1.54) is 0 Å². The number of nitrogens with one attached hydrogen (secondary N) is 3. The van der Waals surface area contributed by atoms with Crippen molar-refractivity contribution in [3.05, 3.63) is 0 Å². The highest BCUT2D eigenvalue weighted by Crippen LogP contribution is 1.87. The second-order valence-corrected chi connectivity index (χ2v) is 3.66. The zero-order chi connectivity index (χ0) is 14.0. The molecule has 0 aliphatic heterocycles. The van der Waals surface area contributed by atoms with Crippen molar-refractivity contribution < 1.29 is 14.4 Å². The number of amides is 4. The van der Waals surface area contributed by atoms with Crippen LogP contribution in [0, 0.1) is 0 Å². The molecular weight excluding hydrogens is 236 g/mol. The predicted octanol–water partition coefficient (Wildman–Crippen LogP) is -0.710. The van der Waals surface area contributed by atoms with Gasteiger partial charge in [0.1, 0.15) is 0 Å². The normalized spacial score (nSPS) is 10.0. The molecule has 0 bridgehead atoms. The number of likely N-dealkylation sites (N-methyl/N-ethyl adjacent to an activating group) is 2. The third kappa shape index (κ3) is 7.61. The first-order valence-corrected chi connectivity index (χ1v) is 6.10. The molecule has 0 fully saturated rings. The Kier molecular flexibility index (Phi) is 8.55. The van der Waals surface area contributed by atoms with Crippen LogP contribution >= 0.6 is 0 Å². The molecule has 0 saturated heterocycles. The summed E-state index contributed by atoms with van der Waals surface area (Å²) in [6, 6.07) is -0.517. The van der Waals surface area contributed by atoms with Crippen LogP contribution in [0.2, 0.25) is 0 Å². The molecule has 0 aromatic carbocycles. The van der Waals surface area contributed by atoms with Gasteiger partial charge >= 0.3 is 6.03 Å². The Morgan fingerprint density at radius 1 is 0.889 bits per heavy atom. The quantitative estimate of drug-likeness (QED) is 0.562. The SMILES string of the molecule is CCNC(=O)CN(CC)CC(=O)NC(=O)NCC. The average molecular weight is 258 g/mol. The molecule has 7 nitrogen and oxygen atoms in total. The summed E-state index contributed by atoms with van der Waals surface area (Å²) in [4.78, 5) is 35.6. The van der Waals surface area contributed by atoms with E-state index < -0.39 is 11.9 Å². The second-order valence-electron chi connectivity index (χ2n) is 3.66. The summed E-state index contributed by atoms with van der Waals surface area (Å²) in [7, 11) is 0. The van der Waals surface area contributed by atoms with E-state index in [-0.39, 0.29) is 19.0 Å². The zero-order valence-electron chi connectivity index (χ0n) is 11.2. The van der Waals surface area contributed by atoms with Crippen molar-refractivity contribution in [3.8, 4) is 0 Å². The third-order valence-corrected chi connectivity index (χ3v) is 2.15. The van der Waals surface area contributed by atoms with Crippen LogP contribution in [0.25, 0.3) is 0 Å². The largest absolute Gasteiger partial charge is 0.355 e. The highest BCUT2D eigenvalue weighted by atomic mass is 16.2. The van der Waals surface area contributed by atoms with Gasteiger partial charge in [0.25, 0.3) is 0 Å². The van der Waals surface area contributed by atoms with Crippen LogP contribution in [0.5, 0.6) is 0 Å². The van der Waals surface area contributed by atoms with Crippen molar-refractivity contribution in [2.75, 3.05) is 32.7 Å². The predicted molar refractivity (Wildman–Crippen MR) is 68.0 cm³/mol. The van der Waals surface area contributed by atoms with Gasteiger partial charge in [0.15, 0.2) is 0 Å². The molecule has 0 rings (SSSR count). The Hall–Kier alpha value is -1.63. The van der Waals surface area contributed by atoms with Gasteiger partial charge in [-0.1, -0.05) is 6.92 Å². The lowest BCUT2D eigenvalue weighted by Gasteiger charge is -2.18. The zero-order valence-corrected chi connectivity index (χ0v) is 11.2. The highest BCUT2D eigenvalue weighted by molar-refractivity contribution is 5.95. The molecule has 104 valence electrons. The van der Waals surface area contributed by atoms with E-state index in [2.05, 4.69) is 16.0 Å². The standard InChI is InChI=1S/C11H22N4O3/c1-4-12-9(16)7-15(6-3)8-10(17)14-11(18)13-5-2/h4-8H2,1-3H3,(H,12,16)(H2,13,14,17,18). The van der Waals surface area contributed by atoms with Crippen LogP contribution in [0.4, 0.5) is 4.79 Å². The Morgan fingerprint density at radius 2 is 1.44 bits per heavy atom. The van der Waals surface area contributed by atoms with Crippen molar-refractivity contribution in [1.29, 1.82) is 0 Å². The minimum Gasteiger partial charge on any atom is -0.355 e. The Labute approximate surface area is 107 Å². The van der Waals surface area contributed by atoms with Gasteiger partial charge in [-0.3, -0.25) is 19.8 Å². The number of hydrogen-bond acceptors (Lipinski definition) is 4. The molecule has 0 aromatic heterocycles. The third-order valence-electron chi connectivity index (χ3n) is 2.15. The lowest BCUT2D eigenvalue weighted by molar-refractivity contribution is -0.124. The molecule has 0 spiro atoms. The Morgan fingerprint density at radius 3 is 1.94 bits per heavy atom. The first kappa shape index (κ1) is 16.4. The molecule has 18 heavy (non-hydrogen) atoms. The summed E-state index contributed by atoms with van der Waals surface area (Å²) >= 11 is 0. The topological polar surface area (TPSA) is 90.5 Å². The van der Waals surface area contributed by atoms with Gasteiger partial charge in [0.05, 0.1) is 13.1 Å². The van der Waals surface area contributed by atoms with E-state index in [1.54, 1.807) is 11.8 Å². The van der Waals surface area contributed by atoms with Crippen molar-refractivity contribution in [2.24, 2.45) is 0 Å². The van der Waals surface area contributed by atoms with Gasteiger partial charge in [-0.25, -0.2) is 4.79 Å². The molecule has 0 aliphatic carbocycles. The summed E-state index contributed by atoms with van der Waals surface area (Å²) in [5, 5.41) is 7.30. The molecule has 0 atom stereocenters. The minimum absolute atomic E-state index is 0.0186. The van der Waals surface area contributed by atoms with Gasteiger partial charge in [-0.05, 0) is 20.4 Å².